The number of hydrogen-bond donors (Lipinski definition) is 2. The van der Waals surface area contributed by atoms with Crippen LogP contribution in [0.5, 0.6) is 5.75 Å². The molecule has 4 atom stereocenters. The molecule has 1 aliphatic carbocycles. The molecule has 1 aromatic heterocycles. The lowest BCUT2D eigenvalue weighted by Gasteiger charge is -2.33. The van der Waals surface area contributed by atoms with E-state index < -0.39 is 0 Å². The van der Waals surface area contributed by atoms with Gasteiger partial charge in [0.15, 0.2) is 0 Å². The van der Waals surface area contributed by atoms with Crippen LogP contribution in [0.1, 0.15) is 66.2 Å². The Morgan fingerprint density at radius 1 is 1.06 bits per heavy atom. The quantitative estimate of drug-likeness (QED) is 0.155. The van der Waals surface area contributed by atoms with E-state index in [2.05, 4.69) is 93.2 Å². The Labute approximate surface area is 223 Å². The summed E-state index contributed by atoms with van der Waals surface area (Å²) >= 11 is 7.26. The van der Waals surface area contributed by atoms with Crippen molar-refractivity contribution in [3.05, 3.63) is 42.5 Å². The van der Waals surface area contributed by atoms with Crippen LogP contribution >= 0.6 is 31.1 Å². The molecule has 1 N–H and O–H groups in total. The molecule has 1 heterocycles. The van der Waals surface area contributed by atoms with Crippen molar-refractivity contribution in [2.75, 3.05) is 19.4 Å². The molecule has 5 heteroatoms. The Morgan fingerprint density at radius 2 is 1.77 bits per heavy atom. The number of aromatic nitrogens is 1. The summed E-state index contributed by atoms with van der Waals surface area (Å²) in [5.74, 6) is 3.36. The van der Waals surface area contributed by atoms with Crippen LogP contribution in [-0.4, -0.2) is 34.4 Å². The van der Waals surface area contributed by atoms with Crippen molar-refractivity contribution in [2.24, 2.45) is 17.8 Å². The number of nitrogens with one attached hydrogen (secondary N) is 1. The fourth-order valence-corrected chi connectivity index (χ4v) is 11.9. The number of rotatable bonds is 10. The highest BCUT2D eigenvalue weighted by atomic mass is 32.7. The minimum Gasteiger partial charge on any atom is -0.492 e. The van der Waals surface area contributed by atoms with Crippen LogP contribution in [0.3, 0.4) is 0 Å². The minimum atomic E-state index is 0.0307. The number of fused-ring (bicyclic) bond motifs is 3. The lowest BCUT2D eigenvalue weighted by atomic mass is 9.90. The van der Waals surface area contributed by atoms with Crippen molar-refractivity contribution in [2.45, 2.75) is 76.2 Å². The molecule has 0 aliphatic heterocycles. The van der Waals surface area contributed by atoms with Crippen LogP contribution in [0.4, 0.5) is 0 Å². The molecule has 4 rings (SSSR count). The first-order valence-electron chi connectivity index (χ1n) is 13.4. The van der Waals surface area contributed by atoms with Gasteiger partial charge in [-0.3, -0.25) is 0 Å². The maximum Gasteiger partial charge on any atom is 0.129 e. The second-order valence-electron chi connectivity index (χ2n) is 11.5. The van der Waals surface area contributed by atoms with E-state index in [9.17, 15) is 0 Å². The Morgan fingerprint density at radius 3 is 2.54 bits per heavy atom. The van der Waals surface area contributed by atoms with E-state index in [-0.39, 0.29) is 12.4 Å². The van der Waals surface area contributed by atoms with Gasteiger partial charge >= 0.3 is 0 Å². The van der Waals surface area contributed by atoms with Crippen LogP contribution < -0.4 is 4.74 Å². The van der Waals surface area contributed by atoms with E-state index in [0.717, 1.165) is 41.0 Å². The van der Waals surface area contributed by atoms with Gasteiger partial charge in [-0.15, -0.1) is 11.4 Å². The Balaban J connectivity index is 1.33. The number of aromatic amines is 1. The lowest BCUT2D eigenvalue weighted by Crippen LogP contribution is -2.22. The molecule has 3 aromatic rings. The van der Waals surface area contributed by atoms with Gasteiger partial charge in [0, 0.05) is 26.3 Å². The predicted octanol–water partition coefficient (Wildman–Crippen LogP) is 9.78. The molecule has 0 bridgehead atoms. The monoisotopic (exact) mass is 529 g/mol. The van der Waals surface area contributed by atoms with Crippen LogP contribution in [-0.2, 0) is 0 Å². The summed E-state index contributed by atoms with van der Waals surface area (Å²) in [7, 11) is 0.0307. The lowest BCUT2D eigenvalue weighted by molar-refractivity contribution is 0.289. The fourth-order valence-electron chi connectivity index (χ4n) is 5.49. The smallest absolute Gasteiger partial charge is 0.129 e. The number of benzene rings is 2. The first-order valence-corrected chi connectivity index (χ1v) is 17.3. The third-order valence-corrected chi connectivity index (χ3v) is 13.4. The highest BCUT2D eigenvalue weighted by molar-refractivity contribution is 8.56. The van der Waals surface area contributed by atoms with E-state index in [1.165, 1.54) is 49.0 Å². The molecule has 2 nitrogen and oxygen atoms in total. The summed E-state index contributed by atoms with van der Waals surface area (Å²) < 4.78 is 6.77. The van der Waals surface area contributed by atoms with Crippen molar-refractivity contribution < 1.29 is 4.74 Å². The van der Waals surface area contributed by atoms with Crippen LogP contribution in [0.2, 0.25) is 0 Å². The molecule has 0 amide bonds. The molecular formula is C30H44NOPS2. The second-order valence-corrected chi connectivity index (χ2v) is 17.5. The van der Waals surface area contributed by atoms with Gasteiger partial charge in [0.25, 0.3) is 0 Å². The molecule has 4 unspecified atom stereocenters. The molecule has 1 aliphatic rings. The zero-order valence-electron chi connectivity index (χ0n) is 22.2. The third-order valence-electron chi connectivity index (χ3n) is 7.97. The van der Waals surface area contributed by atoms with E-state index >= 15 is 0 Å². The van der Waals surface area contributed by atoms with Gasteiger partial charge in [0.05, 0.1) is 12.1 Å². The molecule has 2 aromatic carbocycles. The molecule has 35 heavy (non-hydrogen) atoms. The van der Waals surface area contributed by atoms with Gasteiger partial charge in [-0.25, -0.2) is 0 Å². The van der Waals surface area contributed by atoms with Crippen LogP contribution in [0, 0.1) is 17.8 Å². The Hall–Kier alpha value is -0.830. The van der Waals surface area contributed by atoms with Crippen LogP contribution in [0.15, 0.2) is 42.5 Å². The third kappa shape index (κ3) is 7.14. The summed E-state index contributed by atoms with van der Waals surface area (Å²) in [5.41, 5.74) is 2.30. The maximum atomic E-state index is 6.39. The maximum absolute atomic E-state index is 6.39. The summed E-state index contributed by atoms with van der Waals surface area (Å²) in [4.78, 5) is 3.52. The average Bonchev–Trinajstić information content (AvgIpc) is 3.05. The largest absolute Gasteiger partial charge is 0.492 e. The van der Waals surface area contributed by atoms with Crippen molar-refractivity contribution in [1.82, 2.24) is 4.98 Å². The number of thiol groups is 1. The second kappa shape index (κ2) is 12.1. The summed E-state index contributed by atoms with van der Waals surface area (Å²) in [5, 5.41) is 2.70. The molecule has 0 radical (unpaired) electrons. The summed E-state index contributed by atoms with van der Waals surface area (Å²) in [6.45, 7) is 12.8. The molecule has 0 saturated heterocycles. The number of ether oxygens (including phenoxy) is 1. The molecule has 1 saturated carbocycles. The van der Waals surface area contributed by atoms with Crippen molar-refractivity contribution in [3.63, 3.8) is 0 Å². The highest BCUT2D eigenvalue weighted by Gasteiger charge is 2.29. The zero-order valence-corrected chi connectivity index (χ0v) is 24.8. The van der Waals surface area contributed by atoms with Crippen molar-refractivity contribution >= 4 is 52.9 Å². The Kier molecular flexibility index (Phi) is 9.44. The van der Waals surface area contributed by atoms with E-state index in [0.29, 0.717) is 11.4 Å². The number of H-pyrrole nitrogens is 1. The zero-order chi connectivity index (χ0) is 25.0. The van der Waals surface area contributed by atoms with Gasteiger partial charge in [0.2, 0.25) is 0 Å². The summed E-state index contributed by atoms with van der Waals surface area (Å²) in [6, 6.07) is 14.8. The van der Waals surface area contributed by atoms with Crippen LogP contribution in [0.25, 0.3) is 21.8 Å². The first-order chi connectivity index (χ1) is 16.7. The molecular weight excluding hydrogens is 485 g/mol. The normalized spacial score (nSPS) is 21.3. The number of para-hydroxylation sites is 1. The van der Waals surface area contributed by atoms with E-state index in [1.54, 1.807) is 0 Å². The van der Waals surface area contributed by atoms with Gasteiger partial charge < -0.3 is 9.72 Å². The van der Waals surface area contributed by atoms with E-state index in [1.807, 2.05) is 0 Å². The molecule has 0 spiro atoms. The Bertz CT molecular complexity index is 1090. The van der Waals surface area contributed by atoms with Crippen molar-refractivity contribution in [1.29, 1.82) is 0 Å². The van der Waals surface area contributed by atoms with Gasteiger partial charge in [-0.2, -0.15) is 12.6 Å². The predicted molar refractivity (Wildman–Crippen MR) is 163 cm³/mol. The topological polar surface area (TPSA) is 25.0 Å². The fraction of sp³-hybridized carbons (Fsp3) is 0.600. The molecule has 1 fully saturated rings. The van der Waals surface area contributed by atoms with Crippen molar-refractivity contribution in [3.8, 4) is 5.75 Å². The first kappa shape index (κ1) is 27.2. The van der Waals surface area contributed by atoms with Gasteiger partial charge in [0.1, 0.15) is 5.75 Å². The van der Waals surface area contributed by atoms with Gasteiger partial charge in [-0.1, -0.05) is 77.6 Å². The summed E-state index contributed by atoms with van der Waals surface area (Å²) in [6.07, 6.45) is 9.52. The number of hydrogen-bond acceptors (Lipinski definition) is 3. The van der Waals surface area contributed by atoms with Gasteiger partial charge in [-0.05, 0) is 68.7 Å². The SMILES string of the molecule is CC(C)C(C)(C)SP(C)CC1CCCCC(CC(S)COc2cccc3[nH]c4ccccc4c23)C1. The minimum absolute atomic E-state index is 0.0307. The average molecular weight is 530 g/mol. The van der Waals surface area contributed by atoms with E-state index in [4.69, 9.17) is 17.4 Å². The molecule has 192 valence electrons. The standard InChI is InChI=1S/C30H44NOPS2/c1-21(2)30(3,4)35-33(5)20-23-12-7-6-11-22(17-23)18-24(34)19-32-28-16-10-15-27-29(28)25-13-8-9-14-26(25)31-27/h8-10,13-16,21-24,31,34H,6-7,11-12,17-20H2,1-5H3. The highest BCUT2D eigenvalue weighted by Crippen LogP contribution is 2.57.